The normalized spacial score (nSPS) is 12.3. The van der Waals surface area contributed by atoms with Gasteiger partial charge < -0.3 is 19.6 Å². The van der Waals surface area contributed by atoms with Crippen LogP contribution in [-0.2, 0) is 11.0 Å². The second kappa shape index (κ2) is 15.2. The van der Waals surface area contributed by atoms with E-state index in [0.29, 0.717) is 45.8 Å². The molecule has 0 saturated heterocycles. The molecule has 11 nitrogen and oxygen atoms in total. The lowest BCUT2D eigenvalue weighted by Crippen LogP contribution is -2.66. The lowest BCUT2D eigenvalue weighted by Gasteiger charge is -2.43. The average Bonchev–Trinajstić information content (AvgIpc) is 3.40. The van der Waals surface area contributed by atoms with Crippen molar-refractivity contribution in [1.82, 2.24) is 19.7 Å². The number of carboxylic acid groups (broad SMARTS) is 1. The molecule has 0 radical (unpaired) electrons. The molecule has 49 heavy (non-hydrogen) atoms. The molecule has 5 aromatic rings. The molecular weight excluding hydrogens is 702 g/mol. The minimum atomic E-state index is -2.74. The summed E-state index contributed by atoms with van der Waals surface area (Å²) < 4.78 is 14.9. The summed E-state index contributed by atoms with van der Waals surface area (Å²) in [5.74, 6) is 0.902. The van der Waals surface area contributed by atoms with E-state index in [1.54, 1.807) is 23.9 Å². The van der Waals surface area contributed by atoms with Crippen LogP contribution in [0.25, 0.3) is 11.0 Å². The smallest absolute Gasteiger partial charge is 0.411 e. The summed E-state index contributed by atoms with van der Waals surface area (Å²) in [6, 6.07) is 28.3. The van der Waals surface area contributed by atoms with Crippen molar-refractivity contribution in [2.24, 2.45) is 0 Å². The molecule has 254 valence electrons. The van der Waals surface area contributed by atoms with Crippen LogP contribution >= 0.6 is 15.9 Å². The van der Waals surface area contributed by atoms with Crippen molar-refractivity contribution < 1.29 is 19.1 Å². The molecule has 0 fully saturated rings. The van der Waals surface area contributed by atoms with Crippen LogP contribution in [0.4, 0.5) is 16.6 Å². The number of nitrogens with zero attached hydrogens (tertiary/aromatic N) is 5. The molecule has 2 aromatic heterocycles. The van der Waals surface area contributed by atoms with E-state index in [4.69, 9.17) is 9.16 Å². The number of aromatic nitrogens is 4. The predicted molar refractivity (Wildman–Crippen MR) is 197 cm³/mol. The SMILES string of the molecule is CC[C@@H](CCO[Si](c1ccccc1)(c1ccccc1)C(C)(C)C)Nc1nc(NC(=O)O)nc2c(Br)nn(Cc3ccc(C#N)cc3OC)c12. The lowest BCUT2D eigenvalue weighted by atomic mass is 10.1. The summed E-state index contributed by atoms with van der Waals surface area (Å²) in [6.07, 6.45) is 0.130. The van der Waals surface area contributed by atoms with Gasteiger partial charge >= 0.3 is 6.09 Å². The maximum absolute atomic E-state index is 11.6. The highest BCUT2D eigenvalue weighted by atomic mass is 79.9. The van der Waals surface area contributed by atoms with Crippen LogP contribution in [0.15, 0.2) is 83.5 Å². The van der Waals surface area contributed by atoms with Crippen LogP contribution in [0.3, 0.4) is 0 Å². The Hall–Kier alpha value is -4.77. The van der Waals surface area contributed by atoms with Gasteiger partial charge in [-0.15, -0.1) is 0 Å². The summed E-state index contributed by atoms with van der Waals surface area (Å²) >= 11 is 3.52. The predicted octanol–water partition coefficient (Wildman–Crippen LogP) is 6.76. The van der Waals surface area contributed by atoms with Gasteiger partial charge in [0.2, 0.25) is 5.95 Å². The summed E-state index contributed by atoms with van der Waals surface area (Å²) in [4.78, 5) is 20.7. The minimum Gasteiger partial charge on any atom is -0.496 e. The monoisotopic (exact) mass is 741 g/mol. The zero-order valence-electron chi connectivity index (χ0n) is 28.2. The number of halogens is 1. The summed E-state index contributed by atoms with van der Waals surface area (Å²) in [5.41, 5.74) is 2.30. The fraction of sp³-hybridized carbons (Fsp3) is 0.306. The first-order valence-electron chi connectivity index (χ1n) is 16.0. The van der Waals surface area contributed by atoms with E-state index in [0.717, 1.165) is 12.0 Å². The van der Waals surface area contributed by atoms with Gasteiger partial charge in [-0.3, -0.25) is 10.00 Å². The van der Waals surface area contributed by atoms with Gasteiger partial charge in [0.1, 0.15) is 16.8 Å². The molecule has 3 N–H and O–H groups in total. The van der Waals surface area contributed by atoms with Gasteiger partial charge in [-0.1, -0.05) is 94.4 Å². The third-order valence-electron chi connectivity index (χ3n) is 8.54. The fourth-order valence-corrected chi connectivity index (χ4v) is 11.3. The molecule has 5 rings (SSSR count). The van der Waals surface area contributed by atoms with E-state index in [-0.39, 0.29) is 23.6 Å². The number of anilines is 2. The van der Waals surface area contributed by atoms with Crippen LogP contribution in [0.5, 0.6) is 5.75 Å². The molecule has 0 saturated carbocycles. The number of hydrogen-bond acceptors (Lipinski definition) is 8. The second-order valence-electron chi connectivity index (χ2n) is 12.7. The van der Waals surface area contributed by atoms with Gasteiger partial charge in [0.05, 0.1) is 25.3 Å². The van der Waals surface area contributed by atoms with Gasteiger partial charge in [-0.05, 0) is 56.3 Å². The Bertz CT molecular complexity index is 1920. The maximum Gasteiger partial charge on any atom is 0.411 e. The molecule has 1 atom stereocenters. The second-order valence-corrected chi connectivity index (χ2v) is 17.7. The third-order valence-corrected chi connectivity index (χ3v) is 14.1. The summed E-state index contributed by atoms with van der Waals surface area (Å²) in [5, 5.41) is 31.7. The maximum atomic E-state index is 11.6. The Morgan fingerprint density at radius 2 is 1.71 bits per heavy atom. The highest BCUT2D eigenvalue weighted by Crippen LogP contribution is 2.37. The number of fused-ring (bicyclic) bond motifs is 1. The number of amides is 1. The van der Waals surface area contributed by atoms with E-state index in [1.807, 2.05) is 18.2 Å². The first-order chi connectivity index (χ1) is 23.5. The van der Waals surface area contributed by atoms with Crippen molar-refractivity contribution in [3.05, 3.63) is 94.6 Å². The van der Waals surface area contributed by atoms with Gasteiger partial charge in [0, 0.05) is 18.2 Å². The van der Waals surface area contributed by atoms with Crippen LogP contribution in [0.1, 0.15) is 51.7 Å². The number of hydrogen-bond donors (Lipinski definition) is 3. The molecule has 3 aromatic carbocycles. The van der Waals surface area contributed by atoms with E-state index in [9.17, 15) is 15.2 Å². The van der Waals surface area contributed by atoms with E-state index >= 15 is 0 Å². The number of benzene rings is 3. The number of carbonyl (C=O) groups is 1. The molecule has 1 amide bonds. The molecule has 0 aliphatic carbocycles. The van der Waals surface area contributed by atoms with Crippen LogP contribution in [0, 0.1) is 11.3 Å². The average molecular weight is 743 g/mol. The van der Waals surface area contributed by atoms with Crippen LogP contribution in [-0.4, -0.2) is 59.0 Å². The van der Waals surface area contributed by atoms with Gasteiger partial charge in [-0.25, -0.2) is 9.78 Å². The Balaban J connectivity index is 1.49. The zero-order chi connectivity index (χ0) is 35.2. The van der Waals surface area contributed by atoms with E-state index < -0.39 is 14.4 Å². The number of rotatable bonds is 13. The Morgan fingerprint density at radius 1 is 1.06 bits per heavy atom. The number of nitrogens with one attached hydrogen (secondary N) is 2. The largest absolute Gasteiger partial charge is 0.496 e. The molecular formula is C36H40BrN7O4Si. The zero-order valence-corrected chi connectivity index (χ0v) is 30.8. The highest BCUT2D eigenvalue weighted by Gasteiger charge is 2.50. The van der Waals surface area contributed by atoms with Crippen molar-refractivity contribution in [3.63, 3.8) is 0 Å². The third kappa shape index (κ3) is 7.61. The minimum absolute atomic E-state index is 0.0721. The fourth-order valence-electron chi connectivity index (χ4n) is 6.21. The van der Waals surface area contributed by atoms with Crippen LogP contribution in [0.2, 0.25) is 5.04 Å². The molecule has 0 unspecified atom stereocenters. The van der Waals surface area contributed by atoms with Crippen LogP contribution < -0.4 is 25.7 Å². The Labute approximate surface area is 295 Å². The topological polar surface area (TPSA) is 147 Å². The summed E-state index contributed by atoms with van der Waals surface area (Å²) in [7, 11) is -1.18. The molecule has 0 aliphatic heterocycles. The van der Waals surface area contributed by atoms with Crippen molar-refractivity contribution in [1.29, 1.82) is 5.26 Å². The Kier molecular flexibility index (Phi) is 11.0. The van der Waals surface area contributed by atoms with E-state index in [1.165, 1.54) is 10.4 Å². The number of methoxy groups -OCH3 is 1. The van der Waals surface area contributed by atoms with E-state index in [2.05, 4.69) is 124 Å². The highest BCUT2D eigenvalue weighted by molar-refractivity contribution is 9.10. The first-order valence-corrected chi connectivity index (χ1v) is 18.7. The molecule has 0 bridgehead atoms. The van der Waals surface area contributed by atoms with Crippen molar-refractivity contribution in [3.8, 4) is 11.8 Å². The van der Waals surface area contributed by atoms with Crippen molar-refractivity contribution >= 4 is 63.5 Å². The molecule has 0 spiro atoms. The van der Waals surface area contributed by atoms with Gasteiger partial charge in [0.25, 0.3) is 8.32 Å². The molecule has 0 aliphatic rings. The van der Waals surface area contributed by atoms with Gasteiger partial charge in [-0.2, -0.15) is 15.3 Å². The first kappa shape index (κ1) is 35.5. The molecule has 13 heteroatoms. The Morgan fingerprint density at radius 3 is 2.27 bits per heavy atom. The van der Waals surface area contributed by atoms with Crippen molar-refractivity contribution in [2.45, 2.75) is 58.2 Å². The number of ether oxygens (including phenoxy) is 1. The summed E-state index contributed by atoms with van der Waals surface area (Å²) in [6.45, 7) is 9.62. The lowest BCUT2D eigenvalue weighted by molar-refractivity contribution is 0.209. The molecule has 2 heterocycles. The standard InChI is InChI=1S/C36H40BrN7O4Si/c1-6-26(19-20-48-49(36(2,3)4,27-13-9-7-10-14-27)28-15-11-8-12-16-28)39-33-31-30(40-34(41-33)42-35(45)46)32(37)43-44(31)23-25-18-17-24(22-38)21-29(25)47-5/h7-18,21,26H,6,19-20,23H2,1-5H3,(H,45,46)(H2,39,40,41,42)/t26-/m0/s1. The number of nitriles is 1. The quantitative estimate of drug-likeness (QED) is 0.111. The van der Waals surface area contributed by atoms with Crippen molar-refractivity contribution in [2.75, 3.05) is 24.4 Å². The van der Waals surface area contributed by atoms with Gasteiger partial charge in [0.15, 0.2) is 10.4 Å².